The number of hydrogen-bond donors (Lipinski definition) is 1. The fourth-order valence-corrected chi connectivity index (χ4v) is 5.86. The van der Waals surface area contributed by atoms with E-state index < -0.39 is 9.84 Å². The Kier molecular flexibility index (Phi) is 4.11. The number of carbonyl (C=O) groups excluding carboxylic acids is 1. The van der Waals surface area contributed by atoms with Crippen LogP contribution < -0.4 is 5.32 Å². The van der Waals surface area contributed by atoms with Gasteiger partial charge in [0.15, 0.2) is 15.5 Å². The molecule has 1 N–H and O–H groups in total. The van der Waals surface area contributed by atoms with Gasteiger partial charge in [-0.3, -0.25) is 14.8 Å². The number of anilines is 1. The highest BCUT2D eigenvalue weighted by atomic mass is 32.2. The molecule has 25 heavy (non-hydrogen) atoms. The van der Waals surface area contributed by atoms with Crippen LogP contribution in [0.25, 0.3) is 0 Å². The van der Waals surface area contributed by atoms with Crippen molar-refractivity contribution in [2.75, 3.05) is 16.8 Å². The van der Waals surface area contributed by atoms with Crippen LogP contribution in [0.2, 0.25) is 0 Å². The molecule has 0 saturated carbocycles. The number of sulfone groups is 1. The van der Waals surface area contributed by atoms with E-state index in [0.29, 0.717) is 17.2 Å². The summed E-state index contributed by atoms with van der Waals surface area (Å²) in [6.45, 7) is 1.82. The molecule has 4 rings (SSSR count). The Bertz CT molecular complexity index is 931. The summed E-state index contributed by atoms with van der Waals surface area (Å²) in [6, 6.07) is -0.165. The molecule has 134 valence electrons. The molecule has 3 heterocycles. The molecule has 2 aliphatic rings. The number of aryl methyl sites for hydroxylation is 1. The van der Waals surface area contributed by atoms with Gasteiger partial charge in [0.05, 0.1) is 17.5 Å². The topological polar surface area (TPSA) is 107 Å². The highest BCUT2D eigenvalue weighted by molar-refractivity contribution is 7.91. The Morgan fingerprint density at radius 3 is 2.76 bits per heavy atom. The third kappa shape index (κ3) is 3.20. The second-order valence-electron chi connectivity index (χ2n) is 6.56. The molecule has 0 aromatic carbocycles. The van der Waals surface area contributed by atoms with Gasteiger partial charge in [0.1, 0.15) is 5.01 Å². The quantitative estimate of drug-likeness (QED) is 0.864. The summed E-state index contributed by atoms with van der Waals surface area (Å²) in [5.74, 6) is 0.00394. The molecule has 2 aromatic rings. The van der Waals surface area contributed by atoms with Gasteiger partial charge < -0.3 is 0 Å². The number of fused-ring (bicyclic) bond motifs is 1. The Morgan fingerprint density at radius 2 is 2.08 bits per heavy atom. The van der Waals surface area contributed by atoms with Crippen molar-refractivity contribution in [1.82, 2.24) is 20.0 Å². The van der Waals surface area contributed by atoms with Crippen LogP contribution in [0.1, 0.15) is 52.1 Å². The summed E-state index contributed by atoms with van der Waals surface area (Å²) in [6.07, 6.45) is 4.25. The van der Waals surface area contributed by atoms with Crippen LogP contribution in [0, 0.1) is 6.92 Å². The number of nitrogens with one attached hydrogen (secondary N) is 1. The van der Waals surface area contributed by atoms with E-state index in [9.17, 15) is 13.2 Å². The molecule has 8 nitrogen and oxygen atoms in total. The van der Waals surface area contributed by atoms with Crippen molar-refractivity contribution in [3.63, 3.8) is 0 Å². The minimum atomic E-state index is -3.00. The second-order valence-corrected chi connectivity index (χ2v) is 9.97. The maximum absolute atomic E-state index is 12.7. The van der Waals surface area contributed by atoms with Gasteiger partial charge in [0.2, 0.25) is 5.13 Å². The summed E-state index contributed by atoms with van der Waals surface area (Å²) in [5.41, 5.74) is 2.37. The SMILES string of the molecule is Cc1nnc(NC(=O)c2nn(C3CCS(=O)(=O)C3)c3c2CCCC3)s1. The molecule has 2 aromatic heterocycles. The van der Waals surface area contributed by atoms with Crippen LogP contribution in [0.4, 0.5) is 5.13 Å². The minimum Gasteiger partial charge on any atom is -0.295 e. The second kappa shape index (κ2) is 6.17. The van der Waals surface area contributed by atoms with E-state index in [1.54, 1.807) is 4.68 Å². The van der Waals surface area contributed by atoms with Gasteiger partial charge in [-0.25, -0.2) is 8.42 Å². The van der Waals surface area contributed by atoms with Crippen molar-refractivity contribution in [2.45, 2.75) is 45.1 Å². The summed E-state index contributed by atoms with van der Waals surface area (Å²) in [7, 11) is -3.00. The molecular weight excluding hydrogens is 362 g/mol. The van der Waals surface area contributed by atoms with Gasteiger partial charge in [-0.15, -0.1) is 10.2 Å². The van der Waals surface area contributed by atoms with Gasteiger partial charge >= 0.3 is 0 Å². The van der Waals surface area contributed by atoms with Crippen molar-refractivity contribution in [2.24, 2.45) is 0 Å². The lowest BCUT2D eigenvalue weighted by molar-refractivity contribution is 0.102. The Balaban J connectivity index is 1.67. The molecule has 1 atom stereocenters. The lowest BCUT2D eigenvalue weighted by Crippen LogP contribution is -2.17. The van der Waals surface area contributed by atoms with Crippen LogP contribution in [0.15, 0.2) is 0 Å². The van der Waals surface area contributed by atoms with Crippen molar-refractivity contribution < 1.29 is 13.2 Å². The van der Waals surface area contributed by atoms with E-state index in [1.165, 1.54) is 11.3 Å². The van der Waals surface area contributed by atoms with Gasteiger partial charge in [-0.1, -0.05) is 11.3 Å². The predicted molar refractivity (Wildman–Crippen MR) is 93.8 cm³/mol. The number of aromatic nitrogens is 4. The van der Waals surface area contributed by atoms with E-state index in [4.69, 9.17) is 0 Å². The largest absolute Gasteiger partial charge is 0.295 e. The maximum Gasteiger partial charge on any atom is 0.278 e. The van der Waals surface area contributed by atoms with E-state index in [0.717, 1.165) is 41.9 Å². The van der Waals surface area contributed by atoms with Crippen LogP contribution in [0.3, 0.4) is 0 Å². The number of hydrogen-bond acceptors (Lipinski definition) is 7. The number of rotatable bonds is 3. The van der Waals surface area contributed by atoms with Crippen LogP contribution in [-0.4, -0.2) is 45.8 Å². The summed E-state index contributed by atoms with van der Waals surface area (Å²) in [4.78, 5) is 12.7. The number of carbonyl (C=O) groups is 1. The Labute approximate surface area is 149 Å². The first kappa shape index (κ1) is 16.6. The van der Waals surface area contributed by atoms with Crippen molar-refractivity contribution in [3.8, 4) is 0 Å². The monoisotopic (exact) mass is 381 g/mol. The van der Waals surface area contributed by atoms with Crippen LogP contribution >= 0.6 is 11.3 Å². The zero-order valence-electron chi connectivity index (χ0n) is 13.9. The predicted octanol–water partition coefficient (Wildman–Crippen LogP) is 1.53. The molecule has 0 bridgehead atoms. The first-order valence-electron chi connectivity index (χ1n) is 8.35. The van der Waals surface area contributed by atoms with Gasteiger partial charge in [0, 0.05) is 11.3 Å². The molecular formula is C15H19N5O3S2. The lowest BCUT2D eigenvalue weighted by atomic mass is 9.95. The molecule has 10 heteroatoms. The molecule has 0 spiro atoms. The lowest BCUT2D eigenvalue weighted by Gasteiger charge is -2.17. The van der Waals surface area contributed by atoms with Gasteiger partial charge in [0.25, 0.3) is 5.91 Å². The highest BCUT2D eigenvalue weighted by Crippen LogP contribution is 2.31. The van der Waals surface area contributed by atoms with Gasteiger partial charge in [-0.2, -0.15) is 5.10 Å². The van der Waals surface area contributed by atoms with E-state index >= 15 is 0 Å². The minimum absolute atomic E-state index is 0.109. The fraction of sp³-hybridized carbons (Fsp3) is 0.600. The fourth-order valence-electron chi connectivity index (χ4n) is 3.58. The third-order valence-corrected chi connectivity index (χ3v) is 7.23. The van der Waals surface area contributed by atoms with Crippen molar-refractivity contribution in [1.29, 1.82) is 0 Å². The van der Waals surface area contributed by atoms with Crippen molar-refractivity contribution >= 4 is 32.2 Å². The zero-order valence-corrected chi connectivity index (χ0v) is 15.5. The average Bonchev–Trinajstić information content (AvgIpc) is 3.24. The summed E-state index contributed by atoms with van der Waals surface area (Å²) >= 11 is 1.31. The summed E-state index contributed by atoms with van der Waals surface area (Å²) < 4.78 is 25.5. The zero-order chi connectivity index (χ0) is 17.6. The average molecular weight is 381 g/mol. The first-order chi connectivity index (χ1) is 11.9. The molecule has 1 unspecified atom stereocenters. The molecule has 1 aliphatic carbocycles. The molecule has 1 saturated heterocycles. The Hall–Kier alpha value is -1.81. The normalized spacial score (nSPS) is 21.9. The van der Waals surface area contributed by atoms with Crippen molar-refractivity contribution in [3.05, 3.63) is 22.0 Å². The van der Waals surface area contributed by atoms with E-state index in [1.807, 2.05) is 6.92 Å². The van der Waals surface area contributed by atoms with Crippen LogP contribution in [0.5, 0.6) is 0 Å². The first-order valence-corrected chi connectivity index (χ1v) is 11.0. The molecule has 1 aliphatic heterocycles. The van der Waals surface area contributed by atoms with E-state index in [2.05, 4.69) is 20.6 Å². The van der Waals surface area contributed by atoms with E-state index in [-0.39, 0.29) is 23.5 Å². The van der Waals surface area contributed by atoms with Gasteiger partial charge in [-0.05, 0) is 39.0 Å². The molecule has 0 radical (unpaired) electrons. The Morgan fingerprint density at radius 1 is 1.28 bits per heavy atom. The van der Waals surface area contributed by atoms with Crippen LogP contribution in [-0.2, 0) is 22.7 Å². The molecule has 1 amide bonds. The standard InChI is InChI=1S/C15H19N5O3S2/c1-9-17-18-15(24-9)16-14(21)13-11-4-2-3-5-12(11)20(19-13)10-6-7-25(22,23)8-10/h10H,2-8H2,1H3,(H,16,18,21). The number of amides is 1. The molecule has 1 fully saturated rings. The third-order valence-electron chi connectivity index (χ3n) is 4.72. The highest BCUT2D eigenvalue weighted by Gasteiger charge is 2.34. The smallest absolute Gasteiger partial charge is 0.278 e. The number of nitrogens with zero attached hydrogens (tertiary/aromatic N) is 4. The summed E-state index contributed by atoms with van der Waals surface area (Å²) in [5, 5.41) is 16.3. The maximum atomic E-state index is 12.7.